The van der Waals surface area contributed by atoms with Gasteiger partial charge in [-0.15, -0.1) is 0 Å². The molecule has 0 aliphatic rings. The van der Waals surface area contributed by atoms with Gasteiger partial charge in [0.15, 0.2) is 0 Å². The summed E-state index contributed by atoms with van der Waals surface area (Å²) >= 11 is 0. The molecular weight excluding hydrogens is 691 g/mol. The van der Waals surface area contributed by atoms with E-state index in [-0.39, 0.29) is 0 Å². The molecule has 268 valence electrons. The normalized spacial score (nSPS) is 11.5. The lowest BCUT2D eigenvalue weighted by Gasteiger charge is -2.25. The number of hydrogen-bond acceptors (Lipinski definition) is 1. The van der Waals surface area contributed by atoms with Gasteiger partial charge in [0.2, 0.25) is 0 Å². The Morgan fingerprint density at radius 3 is 1.23 bits per heavy atom. The summed E-state index contributed by atoms with van der Waals surface area (Å²) in [4.78, 5) is 2.30. The first-order valence-corrected chi connectivity index (χ1v) is 19.5. The molecule has 0 bridgehead atoms. The standard InChI is InChI=1S/C54H37N3/c1-4-15-38(16-5-1)39-17-14-22-46(35-39)57-52-26-13-11-24-48(52)50-37-41(28-34-54(50)57)40-27-33-53-49(36-40)47-23-10-12-25-51(47)56(53)45-31-29-44(30-32-45)55(42-18-6-2-7-19-42)43-20-8-3-9-21-43/h1-37H. The number of benzene rings is 9. The van der Waals surface area contributed by atoms with Gasteiger partial charge >= 0.3 is 0 Å². The van der Waals surface area contributed by atoms with Gasteiger partial charge in [-0.2, -0.15) is 0 Å². The van der Waals surface area contributed by atoms with Crippen molar-refractivity contribution in [2.45, 2.75) is 0 Å². The Balaban J connectivity index is 1.01. The van der Waals surface area contributed by atoms with Crippen LogP contribution in [0.4, 0.5) is 17.1 Å². The monoisotopic (exact) mass is 727 g/mol. The summed E-state index contributed by atoms with van der Waals surface area (Å²) in [6.07, 6.45) is 0. The molecule has 0 aliphatic heterocycles. The van der Waals surface area contributed by atoms with E-state index in [4.69, 9.17) is 0 Å². The number of aromatic nitrogens is 2. The van der Waals surface area contributed by atoms with Crippen LogP contribution in [0.2, 0.25) is 0 Å². The topological polar surface area (TPSA) is 13.1 Å². The highest BCUT2D eigenvalue weighted by Crippen LogP contribution is 2.40. The Kier molecular flexibility index (Phi) is 7.82. The Morgan fingerprint density at radius 1 is 0.246 bits per heavy atom. The molecule has 11 aromatic rings. The van der Waals surface area contributed by atoms with Crippen molar-refractivity contribution in [3.05, 3.63) is 224 Å². The Bertz CT molecular complexity index is 3170. The zero-order chi connectivity index (χ0) is 37.7. The molecule has 0 unspecified atom stereocenters. The Labute approximate surface area is 331 Å². The predicted octanol–water partition coefficient (Wildman–Crippen LogP) is 14.7. The number of nitrogens with zero attached hydrogens (tertiary/aromatic N) is 3. The van der Waals surface area contributed by atoms with Crippen LogP contribution in [0, 0.1) is 0 Å². The van der Waals surface area contributed by atoms with E-state index in [9.17, 15) is 0 Å². The fourth-order valence-corrected chi connectivity index (χ4v) is 8.67. The minimum absolute atomic E-state index is 1.11. The van der Waals surface area contributed by atoms with E-state index in [1.54, 1.807) is 0 Å². The third kappa shape index (κ3) is 5.60. The zero-order valence-electron chi connectivity index (χ0n) is 31.2. The minimum Gasteiger partial charge on any atom is -0.311 e. The largest absolute Gasteiger partial charge is 0.311 e. The third-order valence-electron chi connectivity index (χ3n) is 11.3. The lowest BCUT2D eigenvalue weighted by atomic mass is 10.0. The van der Waals surface area contributed by atoms with Gasteiger partial charge in [0, 0.05) is 50.0 Å². The first kappa shape index (κ1) is 32.8. The highest BCUT2D eigenvalue weighted by atomic mass is 15.1. The third-order valence-corrected chi connectivity index (χ3v) is 11.3. The van der Waals surface area contributed by atoms with Crippen molar-refractivity contribution < 1.29 is 0 Å². The highest BCUT2D eigenvalue weighted by molar-refractivity contribution is 6.12. The summed E-state index contributed by atoms with van der Waals surface area (Å²) in [6, 6.07) is 81.0. The van der Waals surface area contributed by atoms with Crippen LogP contribution in [0.15, 0.2) is 224 Å². The quantitative estimate of drug-likeness (QED) is 0.159. The van der Waals surface area contributed by atoms with Crippen LogP contribution < -0.4 is 4.90 Å². The van der Waals surface area contributed by atoms with E-state index in [2.05, 4.69) is 238 Å². The fourth-order valence-electron chi connectivity index (χ4n) is 8.67. The maximum absolute atomic E-state index is 2.40. The summed E-state index contributed by atoms with van der Waals surface area (Å²) in [5, 5.41) is 4.97. The first-order chi connectivity index (χ1) is 28.3. The molecule has 0 atom stereocenters. The van der Waals surface area contributed by atoms with Gasteiger partial charge in [0.1, 0.15) is 0 Å². The Hall–Kier alpha value is -7.62. The number of anilines is 3. The molecule has 0 radical (unpaired) electrons. The molecular formula is C54H37N3. The minimum atomic E-state index is 1.11. The fraction of sp³-hybridized carbons (Fsp3) is 0. The second-order valence-electron chi connectivity index (χ2n) is 14.6. The molecule has 9 aromatic carbocycles. The van der Waals surface area contributed by atoms with Gasteiger partial charge in [0.05, 0.1) is 22.1 Å². The van der Waals surface area contributed by atoms with Crippen LogP contribution in [-0.2, 0) is 0 Å². The van der Waals surface area contributed by atoms with Gasteiger partial charge in [-0.25, -0.2) is 0 Å². The van der Waals surface area contributed by atoms with Gasteiger partial charge < -0.3 is 14.0 Å². The van der Waals surface area contributed by atoms with E-state index < -0.39 is 0 Å². The van der Waals surface area contributed by atoms with Crippen LogP contribution in [-0.4, -0.2) is 9.13 Å². The van der Waals surface area contributed by atoms with Gasteiger partial charge in [-0.3, -0.25) is 0 Å². The summed E-state index contributed by atoms with van der Waals surface area (Å²) in [5.74, 6) is 0. The van der Waals surface area contributed by atoms with Crippen molar-refractivity contribution in [3.63, 3.8) is 0 Å². The van der Waals surface area contributed by atoms with E-state index in [1.807, 2.05) is 0 Å². The molecule has 3 nitrogen and oxygen atoms in total. The van der Waals surface area contributed by atoms with Crippen molar-refractivity contribution in [3.8, 4) is 33.6 Å². The second kappa shape index (κ2) is 13.6. The van der Waals surface area contributed by atoms with Crippen molar-refractivity contribution in [1.82, 2.24) is 9.13 Å². The van der Waals surface area contributed by atoms with Crippen LogP contribution in [0.25, 0.3) is 77.2 Å². The predicted molar refractivity (Wildman–Crippen MR) is 241 cm³/mol. The molecule has 0 aliphatic carbocycles. The number of fused-ring (bicyclic) bond motifs is 6. The lowest BCUT2D eigenvalue weighted by molar-refractivity contribution is 1.17. The number of hydrogen-bond donors (Lipinski definition) is 0. The molecule has 2 heterocycles. The summed E-state index contributed by atoms with van der Waals surface area (Å²) < 4.78 is 4.80. The average molecular weight is 728 g/mol. The number of rotatable bonds is 7. The smallest absolute Gasteiger partial charge is 0.0541 e. The molecule has 0 fully saturated rings. The van der Waals surface area contributed by atoms with Crippen molar-refractivity contribution in [1.29, 1.82) is 0 Å². The molecule has 2 aromatic heterocycles. The highest BCUT2D eigenvalue weighted by Gasteiger charge is 2.18. The van der Waals surface area contributed by atoms with Crippen LogP contribution in [0.1, 0.15) is 0 Å². The molecule has 0 saturated carbocycles. The second-order valence-corrected chi connectivity index (χ2v) is 14.6. The Morgan fingerprint density at radius 2 is 0.667 bits per heavy atom. The maximum Gasteiger partial charge on any atom is 0.0541 e. The lowest BCUT2D eigenvalue weighted by Crippen LogP contribution is -2.09. The van der Waals surface area contributed by atoms with E-state index in [1.165, 1.54) is 65.9 Å². The van der Waals surface area contributed by atoms with Crippen molar-refractivity contribution in [2.75, 3.05) is 4.90 Å². The van der Waals surface area contributed by atoms with Crippen molar-refractivity contribution in [2.24, 2.45) is 0 Å². The molecule has 0 N–H and O–H groups in total. The molecule has 57 heavy (non-hydrogen) atoms. The number of para-hydroxylation sites is 4. The van der Waals surface area contributed by atoms with Gasteiger partial charge in [0.25, 0.3) is 0 Å². The van der Waals surface area contributed by atoms with Gasteiger partial charge in [-0.05, 0) is 119 Å². The maximum atomic E-state index is 2.40. The summed E-state index contributed by atoms with van der Waals surface area (Å²) in [7, 11) is 0. The van der Waals surface area contributed by atoms with Gasteiger partial charge in [-0.1, -0.05) is 127 Å². The molecule has 0 saturated heterocycles. The average Bonchev–Trinajstić information content (AvgIpc) is 3.80. The van der Waals surface area contributed by atoms with Crippen molar-refractivity contribution >= 4 is 60.7 Å². The van der Waals surface area contributed by atoms with E-state index in [0.29, 0.717) is 0 Å². The van der Waals surface area contributed by atoms with Crippen LogP contribution in [0.5, 0.6) is 0 Å². The van der Waals surface area contributed by atoms with E-state index in [0.717, 1.165) is 28.4 Å². The van der Waals surface area contributed by atoms with E-state index >= 15 is 0 Å². The molecule has 0 amide bonds. The van der Waals surface area contributed by atoms with Crippen LogP contribution >= 0.6 is 0 Å². The summed E-state index contributed by atoms with van der Waals surface area (Å²) in [5.41, 5.74) is 15.3. The first-order valence-electron chi connectivity index (χ1n) is 19.5. The summed E-state index contributed by atoms with van der Waals surface area (Å²) in [6.45, 7) is 0. The molecule has 0 spiro atoms. The molecule has 11 rings (SSSR count). The zero-order valence-corrected chi connectivity index (χ0v) is 31.2. The van der Waals surface area contributed by atoms with Crippen LogP contribution in [0.3, 0.4) is 0 Å². The molecule has 3 heteroatoms. The SMILES string of the molecule is c1ccc(-c2cccc(-n3c4ccccc4c4cc(-c5ccc6c(c5)c5ccccc5n6-c5ccc(N(c6ccccc6)c6ccccc6)cc5)ccc43)c2)cc1.